The molecule has 2 rings (SSSR count). The predicted molar refractivity (Wildman–Crippen MR) is 81.4 cm³/mol. The van der Waals surface area contributed by atoms with E-state index in [0.29, 0.717) is 12.5 Å². The van der Waals surface area contributed by atoms with Crippen LogP contribution in [0, 0.1) is 23.5 Å². The van der Waals surface area contributed by atoms with Gasteiger partial charge in [-0.05, 0) is 36.8 Å². The Morgan fingerprint density at radius 3 is 2.43 bits per heavy atom. The first-order chi connectivity index (χ1) is 10.2. The van der Waals surface area contributed by atoms with Crippen molar-refractivity contribution in [3.05, 3.63) is 29.8 Å². The minimum absolute atomic E-state index is 0.168. The lowest BCUT2D eigenvalue weighted by Crippen LogP contribution is -2.20. The first kappa shape index (κ1) is 16.3. The van der Waals surface area contributed by atoms with Crippen molar-refractivity contribution < 1.29 is 13.5 Å². The molecule has 0 aromatic heterocycles. The molecule has 1 nitrogen and oxygen atoms in total. The second-order valence-corrected chi connectivity index (χ2v) is 6.27. The van der Waals surface area contributed by atoms with Crippen LogP contribution in [-0.2, 0) is 0 Å². The summed E-state index contributed by atoms with van der Waals surface area (Å²) in [5, 5.41) is 0. The Morgan fingerprint density at radius 1 is 1.05 bits per heavy atom. The molecule has 1 aromatic rings. The zero-order valence-electron chi connectivity index (χ0n) is 12.9. The van der Waals surface area contributed by atoms with Crippen molar-refractivity contribution >= 4 is 0 Å². The van der Waals surface area contributed by atoms with Gasteiger partial charge >= 0.3 is 0 Å². The van der Waals surface area contributed by atoms with E-state index in [4.69, 9.17) is 4.74 Å². The number of ether oxygens (including phenoxy) is 1. The average Bonchev–Trinajstić information content (AvgIpc) is 2.48. The minimum atomic E-state index is -0.608. The summed E-state index contributed by atoms with van der Waals surface area (Å²) in [5.41, 5.74) is 0. The van der Waals surface area contributed by atoms with Crippen molar-refractivity contribution in [1.82, 2.24) is 0 Å². The molecule has 21 heavy (non-hydrogen) atoms. The Kier molecular flexibility index (Phi) is 6.47. The molecule has 0 unspecified atom stereocenters. The molecule has 1 fully saturated rings. The Hall–Kier alpha value is -1.12. The molecular formula is C18H26F2O. The third-order valence-corrected chi connectivity index (χ3v) is 4.55. The van der Waals surface area contributed by atoms with Crippen molar-refractivity contribution in [2.45, 2.75) is 58.3 Å². The minimum Gasteiger partial charge on any atom is -0.490 e. The van der Waals surface area contributed by atoms with Crippen LogP contribution in [0.4, 0.5) is 8.78 Å². The van der Waals surface area contributed by atoms with E-state index in [1.54, 1.807) is 0 Å². The van der Waals surface area contributed by atoms with Gasteiger partial charge in [-0.3, -0.25) is 0 Å². The lowest BCUT2D eigenvalue weighted by molar-refractivity contribution is 0.173. The van der Waals surface area contributed by atoms with Crippen LogP contribution in [0.5, 0.6) is 5.75 Å². The second-order valence-electron chi connectivity index (χ2n) is 6.27. The SMILES string of the molecule is CCCCCC1CCC(COc2ccc(F)cc2F)CC1. The highest BCUT2D eigenvalue weighted by Gasteiger charge is 2.21. The lowest BCUT2D eigenvalue weighted by atomic mass is 9.80. The Morgan fingerprint density at radius 2 is 1.76 bits per heavy atom. The van der Waals surface area contributed by atoms with Crippen molar-refractivity contribution in [2.24, 2.45) is 11.8 Å². The number of rotatable bonds is 7. The first-order valence-electron chi connectivity index (χ1n) is 8.27. The van der Waals surface area contributed by atoms with Gasteiger partial charge in [0.05, 0.1) is 6.61 Å². The normalized spacial score (nSPS) is 22.2. The lowest BCUT2D eigenvalue weighted by Gasteiger charge is -2.28. The summed E-state index contributed by atoms with van der Waals surface area (Å²) in [7, 11) is 0. The third-order valence-electron chi connectivity index (χ3n) is 4.55. The molecule has 0 spiro atoms. The molecule has 0 bridgehead atoms. The Bertz CT molecular complexity index is 425. The molecule has 0 aliphatic heterocycles. The van der Waals surface area contributed by atoms with Crippen molar-refractivity contribution in [2.75, 3.05) is 6.61 Å². The van der Waals surface area contributed by atoms with E-state index in [1.165, 1.54) is 63.5 Å². The van der Waals surface area contributed by atoms with Gasteiger partial charge in [0.15, 0.2) is 11.6 Å². The molecular weight excluding hydrogens is 270 g/mol. The van der Waals surface area contributed by atoms with E-state index in [0.717, 1.165) is 12.0 Å². The van der Waals surface area contributed by atoms with Gasteiger partial charge in [0.25, 0.3) is 0 Å². The van der Waals surface area contributed by atoms with Gasteiger partial charge in [0.2, 0.25) is 0 Å². The average molecular weight is 296 g/mol. The quantitative estimate of drug-likeness (QED) is 0.584. The summed E-state index contributed by atoms with van der Waals surface area (Å²) in [5.74, 6) is 0.379. The highest BCUT2D eigenvalue weighted by molar-refractivity contribution is 5.24. The summed E-state index contributed by atoms with van der Waals surface area (Å²) in [6.45, 7) is 2.78. The number of unbranched alkanes of at least 4 members (excludes halogenated alkanes) is 2. The summed E-state index contributed by atoms with van der Waals surface area (Å²) >= 11 is 0. The van der Waals surface area contributed by atoms with E-state index < -0.39 is 11.6 Å². The molecule has 0 N–H and O–H groups in total. The topological polar surface area (TPSA) is 9.23 Å². The molecule has 1 aliphatic carbocycles. The molecule has 1 aromatic carbocycles. The smallest absolute Gasteiger partial charge is 0.167 e. The van der Waals surface area contributed by atoms with Gasteiger partial charge in [-0.2, -0.15) is 0 Å². The number of hydrogen-bond acceptors (Lipinski definition) is 1. The maximum atomic E-state index is 13.5. The molecule has 0 saturated heterocycles. The maximum Gasteiger partial charge on any atom is 0.167 e. The largest absolute Gasteiger partial charge is 0.490 e. The molecule has 0 radical (unpaired) electrons. The zero-order chi connectivity index (χ0) is 15.1. The zero-order valence-corrected chi connectivity index (χ0v) is 12.9. The number of halogens is 2. The third kappa shape index (κ3) is 5.29. The van der Waals surface area contributed by atoms with Gasteiger partial charge in [-0.15, -0.1) is 0 Å². The van der Waals surface area contributed by atoms with Gasteiger partial charge in [0.1, 0.15) is 5.82 Å². The fourth-order valence-corrected chi connectivity index (χ4v) is 3.17. The van der Waals surface area contributed by atoms with Gasteiger partial charge in [0, 0.05) is 6.07 Å². The molecule has 118 valence electrons. The fraction of sp³-hybridized carbons (Fsp3) is 0.667. The van der Waals surface area contributed by atoms with Crippen molar-refractivity contribution in [1.29, 1.82) is 0 Å². The van der Waals surface area contributed by atoms with Crippen LogP contribution in [0.1, 0.15) is 58.3 Å². The molecule has 1 saturated carbocycles. The van der Waals surface area contributed by atoms with E-state index in [-0.39, 0.29) is 5.75 Å². The van der Waals surface area contributed by atoms with E-state index in [9.17, 15) is 8.78 Å². The van der Waals surface area contributed by atoms with E-state index >= 15 is 0 Å². The van der Waals surface area contributed by atoms with E-state index in [1.807, 2.05) is 0 Å². The molecule has 1 aliphatic rings. The highest BCUT2D eigenvalue weighted by Crippen LogP contribution is 2.32. The van der Waals surface area contributed by atoms with Crippen LogP contribution in [0.15, 0.2) is 18.2 Å². The summed E-state index contributed by atoms with van der Waals surface area (Å²) < 4.78 is 31.8. The van der Waals surface area contributed by atoms with Crippen molar-refractivity contribution in [3.63, 3.8) is 0 Å². The van der Waals surface area contributed by atoms with Gasteiger partial charge < -0.3 is 4.74 Å². The highest BCUT2D eigenvalue weighted by atomic mass is 19.1. The molecule has 0 amide bonds. The van der Waals surface area contributed by atoms with Crippen LogP contribution >= 0.6 is 0 Å². The van der Waals surface area contributed by atoms with Crippen LogP contribution in [0.3, 0.4) is 0 Å². The summed E-state index contributed by atoms with van der Waals surface area (Å²) in [4.78, 5) is 0. The number of benzene rings is 1. The fourth-order valence-electron chi connectivity index (χ4n) is 3.17. The monoisotopic (exact) mass is 296 g/mol. The molecule has 3 heteroatoms. The van der Waals surface area contributed by atoms with E-state index in [2.05, 4.69) is 6.92 Å². The summed E-state index contributed by atoms with van der Waals surface area (Å²) in [6.07, 6.45) is 10.2. The number of hydrogen-bond donors (Lipinski definition) is 0. The van der Waals surface area contributed by atoms with Gasteiger partial charge in [-0.25, -0.2) is 8.78 Å². The van der Waals surface area contributed by atoms with Gasteiger partial charge in [-0.1, -0.05) is 45.4 Å². The Balaban J connectivity index is 1.69. The maximum absolute atomic E-state index is 13.5. The van der Waals surface area contributed by atoms with Crippen molar-refractivity contribution in [3.8, 4) is 5.75 Å². The van der Waals surface area contributed by atoms with Crippen LogP contribution < -0.4 is 4.74 Å². The molecule has 0 atom stereocenters. The first-order valence-corrected chi connectivity index (χ1v) is 8.27. The van der Waals surface area contributed by atoms with Crippen LogP contribution in [0.2, 0.25) is 0 Å². The van der Waals surface area contributed by atoms with Crippen LogP contribution in [-0.4, -0.2) is 6.61 Å². The summed E-state index contributed by atoms with van der Waals surface area (Å²) in [6, 6.07) is 3.49. The second kappa shape index (κ2) is 8.35. The standard InChI is InChI=1S/C18H26F2O/c1-2-3-4-5-14-6-8-15(9-7-14)13-21-18-11-10-16(19)12-17(18)20/h10-12,14-15H,2-9,13H2,1H3. The Labute approximate surface area is 126 Å². The predicted octanol–water partition coefficient (Wildman–Crippen LogP) is 5.73. The molecule has 0 heterocycles. The van der Waals surface area contributed by atoms with Crippen LogP contribution in [0.25, 0.3) is 0 Å².